The second-order valence-corrected chi connectivity index (χ2v) is 5.09. The highest BCUT2D eigenvalue weighted by Crippen LogP contribution is 2.17. The molecule has 1 aromatic carbocycles. The van der Waals surface area contributed by atoms with E-state index in [4.69, 9.17) is 12.2 Å². The van der Waals surface area contributed by atoms with Crippen molar-refractivity contribution in [2.24, 2.45) is 0 Å². The number of non-ortho nitro benzene ring substituents is 1. The summed E-state index contributed by atoms with van der Waals surface area (Å²) >= 11 is 5.20. The molecule has 0 unspecified atom stereocenters. The number of anilines is 1. The van der Waals surface area contributed by atoms with Crippen LogP contribution in [0, 0.1) is 17.0 Å². The minimum Gasteiger partial charge on any atom is -0.358 e. The number of nitrogens with one attached hydrogen (secondary N) is 2. The van der Waals surface area contributed by atoms with Gasteiger partial charge in [-0.2, -0.15) is 5.10 Å². The fraction of sp³-hybridized carbons (Fsp3) is 0.286. The van der Waals surface area contributed by atoms with Gasteiger partial charge in [-0.15, -0.1) is 0 Å². The Kier molecular flexibility index (Phi) is 5.05. The highest BCUT2D eigenvalue weighted by molar-refractivity contribution is 7.80. The van der Waals surface area contributed by atoms with Gasteiger partial charge < -0.3 is 10.6 Å². The van der Waals surface area contributed by atoms with Crippen molar-refractivity contribution < 1.29 is 4.92 Å². The predicted molar refractivity (Wildman–Crippen MR) is 88.8 cm³/mol. The van der Waals surface area contributed by atoms with Crippen LogP contribution in [0.1, 0.15) is 18.2 Å². The lowest BCUT2D eigenvalue weighted by atomic mass is 10.2. The van der Waals surface area contributed by atoms with E-state index in [2.05, 4.69) is 15.7 Å². The van der Waals surface area contributed by atoms with Crippen molar-refractivity contribution in [3.8, 4) is 0 Å². The molecule has 0 bridgehead atoms. The summed E-state index contributed by atoms with van der Waals surface area (Å²) < 4.78 is 1.91. The van der Waals surface area contributed by atoms with Crippen molar-refractivity contribution in [1.82, 2.24) is 15.1 Å². The third-order valence-corrected chi connectivity index (χ3v) is 3.51. The fourth-order valence-electron chi connectivity index (χ4n) is 2.03. The van der Waals surface area contributed by atoms with Gasteiger partial charge in [-0.1, -0.05) is 6.07 Å². The maximum atomic E-state index is 10.7. The van der Waals surface area contributed by atoms with Gasteiger partial charge in [-0.25, -0.2) is 0 Å². The number of nitrogens with zero attached hydrogens (tertiary/aromatic N) is 3. The predicted octanol–water partition coefficient (Wildman–Crippen LogP) is 2.61. The maximum Gasteiger partial charge on any atom is 0.271 e. The molecular weight excluding hydrogens is 302 g/mol. The summed E-state index contributed by atoms with van der Waals surface area (Å²) in [6.07, 6.45) is 1.81. The Balaban J connectivity index is 1.94. The molecule has 0 radical (unpaired) electrons. The molecule has 8 heteroatoms. The molecule has 7 nitrogen and oxygen atoms in total. The van der Waals surface area contributed by atoms with E-state index in [9.17, 15) is 10.1 Å². The zero-order valence-corrected chi connectivity index (χ0v) is 13.2. The van der Waals surface area contributed by atoms with Gasteiger partial charge in [0.05, 0.1) is 11.1 Å². The van der Waals surface area contributed by atoms with E-state index in [0.717, 1.165) is 17.8 Å². The average molecular weight is 319 g/mol. The molecule has 2 aromatic rings. The van der Waals surface area contributed by atoms with Crippen molar-refractivity contribution in [2.75, 3.05) is 5.32 Å². The second kappa shape index (κ2) is 6.99. The lowest BCUT2D eigenvalue weighted by molar-refractivity contribution is -0.384. The Morgan fingerprint density at radius 1 is 1.50 bits per heavy atom. The molecule has 0 atom stereocenters. The molecule has 1 heterocycles. The quantitative estimate of drug-likeness (QED) is 0.500. The van der Waals surface area contributed by atoms with E-state index in [1.165, 1.54) is 12.1 Å². The molecule has 0 spiro atoms. The van der Waals surface area contributed by atoms with Crippen molar-refractivity contribution in [3.05, 3.63) is 51.8 Å². The van der Waals surface area contributed by atoms with Gasteiger partial charge in [0, 0.05) is 42.2 Å². The Hall–Kier alpha value is -2.48. The first-order chi connectivity index (χ1) is 10.5. The van der Waals surface area contributed by atoms with Crippen LogP contribution in [0.25, 0.3) is 0 Å². The highest BCUT2D eigenvalue weighted by Gasteiger charge is 2.08. The van der Waals surface area contributed by atoms with E-state index in [0.29, 0.717) is 17.3 Å². The number of hydrogen-bond acceptors (Lipinski definition) is 4. The van der Waals surface area contributed by atoms with Gasteiger partial charge in [0.25, 0.3) is 5.69 Å². The number of aromatic nitrogens is 2. The largest absolute Gasteiger partial charge is 0.358 e. The molecule has 0 aliphatic carbocycles. The van der Waals surface area contributed by atoms with Crippen molar-refractivity contribution in [1.29, 1.82) is 0 Å². The van der Waals surface area contributed by atoms with Crippen LogP contribution in [-0.4, -0.2) is 19.8 Å². The van der Waals surface area contributed by atoms with Crippen molar-refractivity contribution >= 4 is 28.7 Å². The van der Waals surface area contributed by atoms with Crippen LogP contribution < -0.4 is 10.6 Å². The van der Waals surface area contributed by atoms with Gasteiger partial charge in [0.1, 0.15) is 0 Å². The first kappa shape index (κ1) is 15.9. The van der Waals surface area contributed by atoms with Crippen LogP contribution in [0.15, 0.2) is 30.5 Å². The van der Waals surface area contributed by atoms with Crippen molar-refractivity contribution in [2.45, 2.75) is 26.9 Å². The number of rotatable bonds is 5. The number of nitro benzene ring substituents is 1. The molecule has 2 rings (SSSR count). The molecular formula is C14H17N5O2S. The minimum atomic E-state index is -0.440. The maximum absolute atomic E-state index is 10.7. The minimum absolute atomic E-state index is 0.0212. The number of thiocarbonyl (C=S) groups is 1. The molecule has 0 saturated heterocycles. The Bertz CT molecular complexity index is 698. The summed E-state index contributed by atoms with van der Waals surface area (Å²) in [6.45, 7) is 5.41. The Morgan fingerprint density at radius 3 is 2.91 bits per heavy atom. The van der Waals surface area contributed by atoms with E-state index in [1.807, 2.05) is 24.7 Å². The van der Waals surface area contributed by atoms with E-state index >= 15 is 0 Å². The SMILES string of the molecule is CCn1ncc(CNC(=S)Nc2cccc([N+](=O)[O-])c2)c1C. The van der Waals surface area contributed by atoms with Crippen LogP contribution in [0.4, 0.5) is 11.4 Å². The molecule has 116 valence electrons. The topological polar surface area (TPSA) is 85.0 Å². The third-order valence-electron chi connectivity index (χ3n) is 3.26. The summed E-state index contributed by atoms with van der Waals surface area (Å²) in [7, 11) is 0. The van der Waals surface area contributed by atoms with Crippen LogP contribution >= 0.6 is 12.2 Å². The molecule has 22 heavy (non-hydrogen) atoms. The summed E-state index contributed by atoms with van der Waals surface area (Å²) in [5, 5.41) is 21.4. The van der Waals surface area contributed by atoms with Gasteiger partial charge in [0.15, 0.2) is 5.11 Å². The van der Waals surface area contributed by atoms with Crippen LogP contribution in [-0.2, 0) is 13.1 Å². The lowest BCUT2D eigenvalue weighted by Crippen LogP contribution is -2.28. The normalized spacial score (nSPS) is 10.3. The number of benzene rings is 1. The molecule has 0 amide bonds. The lowest BCUT2D eigenvalue weighted by Gasteiger charge is -2.10. The molecule has 1 aromatic heterocycles. The van der Waals surface area contributed by atoms with Gasteiger partial charge in [-0.3, -0.25) is 14.8 Å². The second-order valence-electron chi connectivity index (χ2n) is 4.69. The zero-order valence-electron chi connectivity index (χ0n) is 12.4. The molecule has 2 N–H and O–H groups in total. The van der Waals surface area contributed by atoms with Crippen LogP contribution in [0.2, 0.25) is 0 Å². The van der Waals surface area contributed by atoms with Crippen LogP contribution in [0.3, 0.4) is 0 Å². The van der Waals surface area contributed by atoms with E-state index in [-0.39, 0.29) is 5.69 Å². The van der Waals surface area contributed by atoms with Gasteiger partial charge >= 0.3 is 0 Å². The Morgan fingerprint density at radius 2 is 2.27 bits per heavy atom. The zero-order chi connectivity index (χ0) is 16.1. The summed E-state index contributed by atoms with van der Waals surface area (Å²) in [5.74, 6) is 0. The first-order valence-electron chi connectivity index (χ1n) is 6.82. The van der Waals surface area contributed by atoms with Crippen molar-refractivity contribution in [3.63, 3.8) is 0 Å². The Labute approximate surface area is 133 Å². The van der Waals surface area contributed by atoms with E-state index < -0.39 is 4.92 Å². The van der Waals surface area contributed by atoms with E-state index in [1.54, 1.807) is 12.1 Å². The van der Waals surface area contributed by atoms with Gasteiger partial charge in [-0.05, 0) is 32.1 Å². The third kappa shape index (κ3) is 3.79. The standard InChI is InChI=1S/C14H17N5O2S/c1-3-18-10(2)11(9-16-18)8-15-14(22)17-12-5-4-6-13(7-12)19(20)21/h4-7,9H,3,8H2,1-2H3,(H2,15,17,22). The number of aryl methyl sites for hydroxylation is 1. The molecule has 0 saturated carbocycles. The van der Waals surface area contributed by atoms with Crippen LogP contribution in [0.5, 0.6) is 0 Å². The summed E-state index contributed by atoms with van der Waals surface area (Å²) in [5.41, 5.74) is 2.75. The molecule has 0 fully saturated rings. The number of hydrogen-bond donors (Lipinski definition) is 2. The molecule has 0 aliphatic heterocycles. The average Bonchev–Trinajstić information content (AvgIpc) is 2.85. The highest BCUT2D eigenvalue weighted by atomic mass is 32.1. The van der Waals surface area contributed by atoms with Gasteiger partial charge in [0.2, 0.25) is 0 Å². The first-order valence-corrected chi connectivity index (χ1v) is 7.22. The number of nitro groups is 1. The summed E-state index contributed by atoms with van der Waals surface area (Å²) in [4.78, 5) is 10.3. The smallest absolute Gasteiger partial charge is 0.271 e. The summed E-state index contributed by atoms with van der Waals surface area (Å²) in [6, 6.07) is 6.21. The fourth-order valence-corrected chi connectivity index (χ4v) is 2.22. The monoisotopic (exact) mass is 319 g/mol. The molecule has 0 aliphatic rings.